The maximum Gasteiger partial charge on any atom is 0.339 e. The van der Waals surface area contributed by atoms with Crippen LogP contribution in [0.25, 0.3) is 11.0 Å². The van der Waals surface area contributed by atoms with Gasteiger partial charge in [-0.3, -0.25) is 4.79 Å². The van der Waals surface area contributed by atoms with E-state index in [1.807, 2.05) is 6.92 Å². The number of carbonyl (C=O) groups is 2. The van der Waals surface area contributed by atoms with Crippen molar-refractivity contribution in [1.29, 1.82) is 0 Å². The Labute approximate surface area is 183 Å². The number of fused-ring (bicyclic) bond motifs is 1. The van der Waals surface area contributed by atoms with Gasteiger partial charge in [0.25, 0.3) is 5.91 Å². The molecule has 1 N–H and O–H groups in total. The van der Waals surface area contributed by atoms with Gasteiger partial charge in [-0.25, -0.2) is 4.79 Å². The Morgan fingerprint density at radius 1 is 1.06 bits per heavy atom. The summed E-state index contributed by atoms with van der Waals surface area (Å²) in [5, 5.41) is 15.1. The number of halogens is 1. The number of hydrogen-bond donors (Lipinski definition) is 1. The fourth-order valence-electron chi connectivity index (χ4n) is 3.21. The van der Waals surface area contributed by atoms with E-state index in [2.05, 4.69) is 5.32 Å². The first-order valence-corrected chi connectivity index (χ1v) is 9.96. The lowest BCUT2D eigenvalue weighted by atomic mass is 10.0. The molecule has 162 valence electrons. The number of benzene rings is 2. The second-order valence-electron chi connectivity index (χ2n) is 7.26. The van der Waals surface area contributed by atoms with Gasteiger partial charge in [-0.15, -0.1) is 0 Å². The van der Waals surface area contributed by atoms with E-state index in [-0.39, 0.29) is 6.42 Å². The number of aliphatic carboxylic acids is 1. The number of hydrogen-bond acceptors (Lipinski definition) is 6. The van der Waals surface area contributed by atoms with Crippen molar-refractivity contribution in [2.75, 3.05) is 6.61 Å². The van der Waals surface area contributed by atoms with E-state index in [0.717, 1.165) is 10.9 Å². The standard InChI is InChI=1S/C23H22ClNO6/c1-12-13(2)23(29)31-21-14(3)19(9-8-17(12)21)30-11-20(26)25-18(22(27)28)10-15-4-6-16(24)7-5-15/h4-9,18H,10-11H2,1-3H3,(H,25,26)(H,27,28)/p-1/t18-/m0/s1. The molecular weight excluding hydrogens is 422 g/mol. The Kier molecular flexibility index (Phi) is 6.65. The molecule has 0 aliphatic rings. The Hall–Kier alpha value is -3.32. The molecule has 0 fully saturated rings. The van der Waals surface area contributed by atoms with E-state index in [9.17, 15) is 19.5 Å². The molecule has 0 aliphatic heterocycles. The second kappa shape index (κ2) is 9.22. The predicted octanol–water partition coefficient (Wildman–Crippen LogP) is 2.23. The highest BCUT2D eigenvalue weighted by Crippen LogP contribution is 2.29. The summed E-state index contributed by atoms with van der Waals surface area (Å²) >= 11 is 5.83. The second-order valence-corrected chi connectivity index (χ2v) is 7.70. The van der Waals surface area contributed by atoms with Crippen molar-refractivity contribution in [1.82, 2.24) is 5.32 Å². The number of carboxylic acid groups (broad SMARTS) is 1. The van der Waals surface area contributed by atoms with Crippen molar-refractivity contribution in [3.63, 3.8) is 0 Å². The molecule has 0 radical (unpaired) electrons. The van der Waals surface area contributed by atoms with Crippen molar-refractivity contribution < 1.29 is 23.8 Å². The number of rotatable bonds is 7. The van der Waals surface area contributed by atoms with Gasteiger partial charge >= 0.3 is 5.63 Å². The average molecular weight is 443 g/mol. The summed E-state index contributed by atoms with van der Waals surface area (Å²) in [5.41, 5.74) is 2.57. The van der Waals surface area contributed by atoms with Gasteiger partial charge in [-0.1, -0.05) is 23.7 Å². The molecule has 3 aromatic rings. The SMILES string of the molecule is Cc1c(C)c2ccc(OCC(=O)N[C@@H](Cc3ccc(Cl)cc3)C(=O)[O-])c(C)c2oc1=O. The maximum absolute atomic E-state index is 12.3. The van der Waals surface area contributed by atoms with Crippen LogP contribution in [-0.4, -0.2) is 24.5 Å². The molecule has 0 saturated carbocycles. The van der Waals surface area contributed by atoms with E-state index in [0.29, 0.717) is 33.0 Å². The van der Waals surface area contributed by atoms with Crippen LogP contribution >= 0.6 is 11.6 Å². The lowest BCUT2D eigenvalue weighted by molar-refractivity contribution is -0.308. The lowest BCUT2D eigenvalue weighted by Crippen LogP contribution is -2.50. The summed E-state index contributed by atoms with van der Waals surface area (Å²) in [7, 11) is 0. The summed E-state index contributed by atoms with van der Waals surface area (Å²) in [6.07, 6.45) is 0.0457. The topological polar surface area (TPSA) is 109 Å². The number of nitrogens with one attached hydrogen (secondary N) is 1. The predicted molar refractivity (Wildman–Crippen MR) is 114 cm³/mol. The van der Waals surface area contributed by atoms with Crippen LogP contribution in [0.2, 0.25) is 5.02 Å². The van der Waals surface area contributed by atoms with Crippen molar-refractivity contribution in [3.8, 4) is 5.75 Å². The van der Waals surface area contributed by atoms with Crippen LogP contribution in [0.3, 0.4) is 0 Å². The molecule has 1 heterocycles. The van der Waals surface area contributed by atoms with Gasteiger partial charge in [-0.05, 0) is 62.6 Å². The Morgan fingerprint density at radius 2 is 1.74 bits per heavy atom. The first-order valence-electron chi connectivity index (χ1n) is 9.58. The highest BCUT2D eigenvalue weighted by molar-refractivity contribution is 6.30. The molecule has 1 atom stereocenters. The minimum absolute atomic E-state index is 0.0457. The fourth-order valence-corrected chi connectivity index (χ4v) is 3.34. The zero-order valence-electron chi connectivity index (χ0n) is 17.3. The number of ether oxygens (including phenoxy) is 1. The number of carboxylic acids is 1. The molecule has 8 heteroatoms. The first-order chi connectivity index (χ1) is 14.7. The van der Waals surface area contributed by atoms with E-state index in [1.165, 1.54) is 0 Å². The fraction of sp³-hybridized carbons (Fsp3) is 0.261. The molecule has 0 spiro atoms. The van der Waals surface area contributed by atoms with Crippen molar-refractivity contribution in [2.24, 2.45) is 0 Å². The van der Waals surface area contributed by atoms with Crippen LogP contribution in [0.1, 0.15) is 22.3 Å². The number of aryl methyl sites for hydroxylation is 2. The van der Waals surface area contributed by atoms with Gasteiger partial charge in [0.2, 0.25) is 0 Å². The highest BCUT2D eigenvalue weighted by Gasteiger charge is 2.17. The molecule has 3 rings (SSSR count). The van der Waals surface area contributed by atoms with E-state index in [4.69, 9.17) is 20.8 Å². The molecule has 0 bridgehead atoms. The molecule has 2 aromatic carbocycles. The van der Waals surface area contributed by atoms with Gasteiger partial charge in [0.1, 0.15) is 11.3 Å². The van der Waals surface area contributed by atoms with Gasteiger partial charge in [0.05, 0.1) is 12.0 Å². The largest absolute Gasteiger partial charge is 0.548 e. The zero-order chi connectivity index (χ0) is 22.7. The van der Waals surface area contributed by atoms with E-state index < -0.39 is 30.2 Å². The summed E-state index contributed by atoms with van der Waals surface area (Å²) in [5.74, 6) is -1.67. The van der Waals surface area contributed by atoms with Crippen LogP contribution < -0.4 is 20.8 Å². The van der Waals surface area contributed by atoms with Gasteiger partial charge in [0, 0.05) is 21.5 Å². The molecule has 31 heavy (non-hydrogen) atoms. The van der Waals surface area contributed by atoms with Crippen LogP contribution in [-0.2, 0) is 16.0 Å². The summed E-state index contributed by atoms with van der Waals surface area (Å²) in [6.45, 7) is 4.84. The van der Waals surface area contributed by atoms with Crippen molar-refractivity contribution in [3.05, 3.63) is 74.1 Å². The molecule has 7 nitrogen and oxygen atoms in total. The number of carbonyl (C=O) groups excluding carboxylic acids is 2. The minimum Gasteiger partial charge on any atom is -0.548 e. The molecule has 0 unspecified atom stereocenters. The summed E-state index contributed by atoms with van der Waals surface area (Å²) < 4.78 is 10.9. The van der Waals surface area contributed by atoms with E-state index in [1.54, 1.807) is 50.2 Å². The van der Waals surface area contributed by atoms with Crippen LogP contribution in [0, 0.1) is 20.8 Å². The first kappa shape index (κ1) is 22.4. The van der Waals surface area contributed by atoms with E-state index >= 15 is 0 Å². The van der Waals surface area contributed by atoms with Crippen molar-refractivity contribution >= 4 is 34.4 Å². The third-order valence-electron chi connectivity index (χ3n) is 5.16. The number of amides is 1. The third-order valence-corrected chi connectivity index (χ3v) is 5.41. The summed E-state index contributed by atoms with van der Waals surface area (Å²) in [6, 6.07) is 8.84. The molecule has 0 aliphatic carbocycles. The molecule has 1 amide bonds. The molecular formula is C23H21ClNO6-. The van der Waals surface area contributed by atoms with Crippen molar-refractivity contribution in [2.45, 2.75) is 33.2 Å². The Morgan fingerprint density at radius 3 is 2.39 bits per heavy atom. The Bertz CT molecular complexity index is 1200. The minimum atomic E-state index is -1.40. The lowest BCUT2D eigenvalue weighted by Gasteiger charge is -2.20. The monoisotopic (exact) mass is 442 g/mol. The third kappa shape index (κ3) is 5.06. The van der Waals surface area contributed by atoms with Crippen LogP contribution in [0.15, 0.2) is 45.6 Å². The quantitative estimate of drug-likeness (QED) is 0.562. The summed E-state index contributed by atoms with van der Waals surface area (Å²) in [4.78, 5) is 35.7. The normalized spacial score (nSPS) is 11.9. The van der Waals surface area contributed by atoms with Gasteiger partial charge in [0.15, 0.2) is 6.61 Å². The zero-order valence-corrected chi connectivity index (χ0v) is 18.0. The molecule has 0 saturated heterocycles. The highest BCUT2D eigenvalue weighted by atomic mass is 35.5. The van der Waals surface area contributed by atoms with Crippen LogP contribution in [0.4, 0.5) is 0 Å². The average Bonchev–Trinajstić information content (AvgIpc) is 2.73. The molecule has 1 aromatic heterocycles. The van der Waals surface area contributed by atoms with Crippen LogP contribution in [0.5, 0.6) is 5.75 Å². The smallest absolute Gasteiger partial charge is 0.339 e. The Balaban J connectivity index is 1.70. The van der Waals surface area contributed by atoms with Gasteiger partial charge in [-0.2, -0.15) is 0 Å². The maximum atomic E-state index is 12.3. The van der Waals surface area contributed by atoms with Gasteiger partial charge < -0.3 is 24.4 Å².